The molecule has 0 radical (unpaired) electrons. The van der Waals surface area contributed by atoms with Gasteiger partial charge in [-0.2, -0.15) is 4.99 Å². The molecule has 0 fully saturated rings. The quantitative estimate of drug-likeness (QED) is 0.751. The number of hydrogen-bond acceptors (Lipinski definition) is 3. The minimum absolute atomic E-state index is 0.297. The summed E-state index contributed by atoms with van der Waals surface area (Å²) in [6.07, 6.45) is 0. The standard InChI is InChI=1S/C12H12FN3O2/c1-14-6-9-15-11(17)10(12(18)16-9)7-2-4-8(13)5-3-7/h2-5,10,14H,6H2,1H3,(H,15,16,17,18). The molecule has 0 bridgehead atoms. The maximum atomic E-state index is 12.8. The largest absolute Gasteiger partial charge is 0.313 e. The smallest absolute Gasteiger partial charge is 0.264 e. The van der Waals surface area contributed by atoms with Gasteiger partial charge in [0, 0.05) is 0 Å². The average molecular weight is 249 g/mol. The lowest BCUT2D eigenvalue weighted by Crippen LogP contribution is -2.46. The predicted molar refractivity (Wildman–Crippen MR) is 63.7 cm³/mol. The first-order valence-corrected chi connectivity index (χ1v) is 5.44. The van der Waals surface area contributed by atoms with E-state index in [9.17, 15) is 14.0 Å². The van der Waals surface area contributed by atoms with E-state index in [2.05, 4.69) is 15.6 Å². The van der Waals surface area contributed by atoms with Gasteiger partial charge in [-0.25, -0.2) is 4.39 Å². The van der Waals surface area contributed by atoms with Crippen LogP contribution in [0.4, 0.5) is 4.39 Å². The highest BCUT2D eigenvalue weighted by Crippen LogP contribution is 2.20. The van der Waals surface area contributed by atoms with Crippen molar-refractivity contribution >= 4 is 17.6 Å². The van der Waals surface area contributed by atoms with Crippen LogP contribution in [0.3, 0.4) is 0 Å². The van der Waals surface area contributed by atoms with E-state index in [1.54, 1.807) is 7.05 Å². The number of aliphatic imine (C=N–C) groups is 1. The summed E-state index contributed by atoms with van der Waals surface area (Å²) in [4.78, 5) is 27.4. The van der Waals surface area contributed by atoms with Gasteiger partial charge in [0.15, 0.2) is 0 Å². The maximum absolute atomic E-state index is 12.8. The Morgan fingerprint density at radius 2 is 2.00 bits per heavy atom. The van der Waals surface area contributed by atoms with Crippen molar-refractivity contribution in [1.82, 2.24) is 10.6 Å². The minimum Gasteiger partial charge on any atom is -0.313 e. The third-order valence-corrected chi connectivity index (χ3v) is 2.57. The van der Waals surface area contributed by atoms with Crippen molar-refractivity contribution in [3.63, 3.8) is 0 Å². The zero-order chi connectivity index (χ0) is 13.1. The van der Waals surface area contributed by atoms with Crippen LogP contribution < -0.4 is 10.6 Å². The minimum atomic E-state index is -0.994. The number of nitrogens with one attached hydrogen (secondary N) is 2. The molecule has 2 N–H and O–H groups in total. The number of carbonyl (C=O) groups is 2. The van der Waals surface area contributed by atoms with Crippen LogP contribution in [0.2, 0.25) is 0 Å². The molecular formula is C12H12FN3O2. The van der Waals surface area contributed by atoms with Crippen LogP contribution in [-0.2, 0) is 9.59 Å². The zero-order valence-corrected chi connectivity index (χ0v) is 9.74. The second kappa shape index (κ2) is 5.05. The van der Waals surface area contributed by atoms with E-state index in [-0.39, 0.29) is 0 Å². The van der Waals surface area contributed by atoms with Gasteiger partial charge in [0.2, 0.25) is 5.91 Å². The Bertz CT molecular complexity index is 511. The van der Waals surface area contributed by atoms with Gasteiger partial charge < -0.3 is 10.6 Å². The second-order valence-corrected chi connectivity index (χ2v) is 3.90. The third kappa shape index (κ3) is 2.43. The SMILES string of the molecule is CNCC1=NC(=O)C(c2ccc(F)cc2)C(=O)N1. The number of likely N-dealkylation sites (N-methyl/N-ethyl adjacent to an activating group) is 1. The number of amidine groups is 1. The van der Waals surface area contributed by atoms with Gasteiger partial charge in [-0.15, -0.1) is 0 Å². The Labute approximate surface area is 103 Å². The Balaban J connectivity index is 2.27. The van der Waals surface area contributed by atoms with Crippen molar-refractivity contribution < 1.29 is 14.0 Å². The Hall–Kier alpha value is -2.08. The molecule has 1 aliphatic rings. The molecule has 1 atom stereocenters. The lowest BCUT2D eigenvalue weighted by molar-refractivity contribution is -0.129. The summed E-state index contributed by atoms with van der Waals surface area (Å²) in [5.41, 5.74) is 0.436. The third-order valence-electron chi connectivity index (χ3n) is 2.57. The number of halogens is 1. The van der Waals surface area contributed by atoms with E-state index < -0.39 is 23.5 Å². The zero-order valence-electron chi connectivity index (χ0n) is 9.74. The predicted octanol–water partition coefficient (Wildman–Crippen LogP) is 0.184. The topological polar surface area (TPSA) is 70.6 Å². The molecule has 5 nitrogen and oxygen atoms in total. The molecule has 1 unspecified atom stereocenters. The maximum Gasteiger partial charge on any atom is 0.264 e. The van der Waals surface area contributed by atoms with E-state index in [4.69, 9.17) is 0 Å². The Kier molecular flexibility index (Phi) is 3.47. The highest BCUT2D eigenvalue weighted by atomic mass is 19.1. The van der Waals surface area contributed by atoms with Crippen LogP contribution in [0.1, 0.15) is 11.5 Å². The monoisotopic (exact) mass is 249 g/mol. The number of hydrogen-bond donors (Lipinski definition) is 2. The van der Waals surface area contributed by atoms with E-state index in [1.807, 2.05) is 0 Å². The van der Waals surface area contributed by atoms with Gasteiger partial charge in [-0.1, -0.05) is 12.1 Å². The molecule has 94 valence electrons. The van der Waals surface area contributed by atoms with Crippen molar-refractivity contribution in [3.8, 4) is 0 Å². The van der Waals surface area contributed by atoms with Crippen molar-refractivity contribution in [2.75, 3.05) is 13.6 Å². The molecule has 0 saturated heterocycles. The fraction of sp³-hybridized carbons (Fsp3) is 0.250. The van der Waals surface area contributed by atoms with Crippen LogP contribution in [0, 0.1) is 5.82 Å². The highest BCUT2D eigenvalue weighted by Gasteiger charge is 2.32. The lowest BCUT2D eigenvalue weighted by atomic mass is 9.96. The first-order valence-electron chi connectivity index (χ1n) is 5.44. The van der Waals surface area contributed by atoms with Crippen molar-refractivity contribution in [2.24, 2.45) is 4.99 Å². The van der Waals surface area contributed by atoms with Crippen LogP contribution in [0.5, 0.6) is 0 Å². The normalized spacial score (nSPS) is 19.4. The molecule has 6 heteroatoms. The molecular weight excluding hydrogens is 237 g/mol. The van der Waals surface area contributed by atoms with Gasteiger partial charge in [0.1, 0.15) is 17.6 Å². The first-order chi connectivity index (χ1) is 8.61. The second-order valence-electron chi connectivity index (χ2n) is 3.90. The van der Waals surface area contributed by atoms with Gasteiger partial charge in [-0.3, -0.25) is 9.59 Å². The number of rotatable bonds is 3. The van der Waals surface area contributed by atoms with E-state index in [1.165, 1.54) is 24.3 Å². The summed E-state index contributed by atoms with van der Waals surface area (Å²) in [6.45, 7) is 0.313. The number of nitrogens with zero attached hydrogens (tertiary/aromatic N) is 1. The molecule has 1 aromatic carbocycles. The fourth-order valence-corrected chi connectivity index (χ4v) is 1.75. The van der Waals surface area contributed by atoms with Gasteiger partial charge in [0.25, 0.3) is 5.91 Å². The van der Waals surface area contributed by atoms with Gasteiger partial charge in [-0.05, 0) is 24.7 Å². The van der Waals surface area contributed by atoms with E-state index in [0.29, 0.717) is 17.9 Å². The Morgan fingerprint density at radius 1 is 1.33 bits per heavy atom. The summed E-state index contributed by atoms with van der Waals surface area (Å²) in [5, 5.41) is 5.34. The summed E-state index contributed by atoms with van der Waals surface area (Å²) in [7, 11) is 1.69. The van der Waals surface area contributed by atoms with Crippen LogP contribution in [0.15, 0.2) is 29.3 Å². The highest BCUT2D eigenvalue weighted by molar-refractivity contribution is 6.19. The molecule has 2 rings (SSSR count). The Morgan fingerprint density at radius 3 is 2.56 bits per heavy atom. The summed E-state index contributed by atoms with van der Waals surface area (Å²) in [6, 6.07) is 5.25. The van der Waals surface area contributed by atoms with Crippen LogP contribution in [-0.4, -0.2) is 31.2 Å². The molecule has 18 heavy (non-hydrogen) atoms. The van der Waals surface area contributed by atoms with Crippen LogP contribution in [0.25, 0.3) is 0 Å². The molecule has 0 saturated carbocycles. The fourth-order valence-electron chi connectivity index (χ4n) is 1.75. The average Bonchev–Trinajstić information content (AvgIpc) is 2.31. The molecule has 1 aliphatic heterocycles. The molecule has 1 heterocycles. The molecule has 0 aliphatic carbocycles. The lowest BCUT2D eigenvalue weighted by Gasteiger charge is -2.20. The summed E-state index contributed by atoms with van der Waals surface area (Å²) >= 11 is 0. The van der Waals surface area contributed by atoms with E-state index >= 15 is 0 Å². The van der Waals surface area contributed by atoms with Crippen molar-refractivity contribution in [1.29, 1.82) is 0 Å². The number of amides is 2. The van der Waals surface area contributed by atoms with Gasteiger partial charge in [0.05, 0.1) is 6.54 Å². The number of benzene rings is 1. The number of carbonyl (C=O) groups excluding carboxylic acids is 2. The van der Waals surface area contributed by atoms with Gasteiger partial charge >= 0.3 is 0 Å². The molecule has 1 aromatic rings. The first kappa shape index (κ1) is 12.4. The van der Waals surface area contributed by atoms with Crippen LogP contribution >= 0.6 is 0 Å². The molecule has 0 spiro atoms. The summed E-state index contributed by atoms with van der Waals surface area (Å²) in [5.74, 6) is -2.08. The summed E-state index contributed by atoms with van der Waals surface area (Å²) < 4.78 is 12.8. The van der Waals surface area contributed by atoms with E-state index in [0.717, 1.165) is 0 Å². The molecule has 2 amide bonds. The van der Waals surface area contributed by atoms with Crippen molar-refractivity contribution in [2.45, 2.75) is 5.92 Å². The van der Waals surface area contributed by atoms with Crippen molar-refractivity contribution in [3.05, 3.63) is 35.6 Å². The molecule has 0 aromatic heterocycles.